The average Bonchev–Trinajstić information content (AvgIpc) is 2.59. The first kappa shape index (κ1) is 18.7. The molecule has 0 aliphatic heterocycles. The van der Waals surface area contributed by atoms with Crippen molar-refractivity contribution in [2.24, 2.45) is 0 Å². The minimum atomic E-state index is -3.82. The van der Waals surface area contributed by atoms with E-state index in [1.54, 1.807) is 19.2 Å². The molecular formula is C19H23FN2O3S. The number of hydrogen-bond acceptors (Lipinski definition) is 4. The maximum atomic E-state index is 13.4. The Balaban J connectivity index is 2.02. The fraction of sp³-hybridized carbons (Fsp3) is 0.368. The number of halogens is 1. The Morgan fingerprint density at radius 1 is 1.19 bits per heavy atom. The molecule has 0 radical (unpaired) electrons. The molecule has 140 valence electrons. The minimum absolute atomic E-state index is 0.205. The molecule has 26 heavy (non-hydrogen) atoms. The van der Waals surface area contributed by atoms with Crippen LogP contribution in [0, 0.1) is 5.82 Å². The number of benzene rings is 2. The number of rotatable bonds is 5. The number of hydrogen-bond donors (Lipinski definition) is 1. The van der Waals surface area contributed by atoms with Gasteiger partial charge in [0.05, 0.1) is 17.7 Å². The van der Waals surface area contributed by atoms with Crippen molar-refractivity contribution < 1.29 is 17.5 Å². The van der Waals surface area contributed by atoms with Crippen molar-refractivity contribution in [1.29, 1.82) is 0 Å². The van der Waals surface area contributed by atoms with E-state index < -0.39 is 15.8 Å². The van der Waals surface area contributed by atoms with E-state index in [0.717, 1.165) is 30.0 Å². The zero-order chi connectivity index (χ0) is 18.9. The number of methoxy groups -OCH3 is 1. The predicted molar refractivity (Wildman–Crippen MR) is 99.7 cm³/mol. The summed E-state index contributed by atoms with van der Waals surface area (Å²) in [5.41, 5.74) is 1.92. The zero-order valence-electron chi connectivity index (χ0n) is 15.1. The second-order valence-electron chi connectivity index (χ2n) is 6.70. The molecule has 1 atom stereocenters. The summed E-state index contributed by atoms with van der Waals surface area (Å²) in [5, 5.41) is 0. The topological polar surface area (TPSA) is 58.6 Å². The highest BCUT2D eigenvalue weighted by molar-refractivity contribution is 7.92. The maximum absolute atomic E-state index is 13.4. The Morgan fingerprint density at radius 2 is 1.96 bits per heavy atom. The van der Waals surface area contributed by atoms with Crippen molar-refractivity contribution in [3.8, 4) is 5.75 Å². The van der Waals surface area contributed by atoms with Crippen LogP contribution in [-0.4, -0.2) is 40.6 Å². The number of nitrogens with one attached hydrogen (secondary N) is 1. The smallest absolute Gasteiger partial charge is 0.262 e. The minimum Gasteiger partial charge on any atom is -0.496 e. The molecule has 7 heteroatoms. The Morgan fingerprint density at radius 3 is 2.62 bits per heavy atom. The normalized spacial score (nSPS) is 17.0. The molecule has 1 aliphatic rings. The molecule has 5 nitrogen and oxygen atoms in total. The van der Waals surface area contributed by atoms with Gasteiger partial charge in [-0.25, -0.2) is 12.8 Å². The SMILES string of the molecule is COc1ccc(S(=O)(=O)Nc2cccc(F)c2)c2c1C[C@H](N(C)C)CC2. The summed E-state index contributed by atoms with van der Waals surface area (Å²) in [7, 11) is 1.82. The quantitative estimate of drug-likeness (QED) is 0.869. The van der Waals surface area contributed by atoms with Crippen molar-refractivity contribution in [1.82, 2.24) is 4.90 Å². The van der Waals surface area contributed by atoms with E-state index >= 15 is 0 Å². The Labute approximate surface area is 153 Å². The van der Waals surface area contributed by atoms with Gasteiger partial charge in [0.2, 0.25) is 0 Å². The molecule has 2 aromatic rings. The molecule has 0 amide bonds. The molecule has 2 aromatic carbocycles. The summed E-state index contributed by atoms with van der Waals surface area (Å²) in [6.45, 7) is 0. The average molecular weight is 378 g/mol. The van der Waals surface area contributed by atoms with E-state index in [1.807, 2.05) is 14.1 Å². The lowest BCUT2D eigenvalue weighted by Gasteiger charge is -2.31. The third kappa shape index (κ3) is 3.68. The summed E-state index contributed by atoms with van der Waals surface area (Å²) < 4.78 is 47.1. The zero-order valence-corrected chi connectivity index (χ0v) is 15.9. The lowest BCUT2D eigenvalue weighted by molar-refractivity contribution is 0.263. The van der Waals surface area contributed by atoms with Crippen molar-refractivity contribution in [3.05, 3.63) is 53.3 Å². The fourth-order valence-electron chi connectivity index (χ4n) is 3.44. The predicted octanol–water partition coefficient (Wildman–Crippen LogP) is 3.05. The van der Waals surface area contributed by atoms with Gasteiger partial charge in [-0.1, -0.05) is 6.07 Å². The molecule has 3 rings (SSSR count). The molecule has 0 heterocycles. The largest absolute Gasteiger partial charge is 0.496 e. The summed E-state index contributed by atoms with van der Waals surface area (Å²) in [4.78, 5) is 2.38. The third-order valence-corrected chi connectivity index (χ3v) is 6.30. The highest BCUT2D eigenvalue weighted by atomic mass is 32.2. The van der Waals surface area contributed by atoms with Gasteiger partial charge in [0, 0.05) is 11.6 Å². The van der Waals surface area contributed by atoms with Crippen LogP contribution in [0.5, 0.6) is 5.75 Å². The standard InChI is InChI=1S/C19H23FN2O3S/c1-22(2)15-7-8-16-17(12-15)18(25-3)9-10-19(16)26(23,24)21-14-6-4-5-13(20)11-14/h4-6,9-11,15,21H,7-8,12H2,1-3H3/t15-/m1/s1. The number of anilines is 1. The van der Waals surface area contributed by atoms with E-state index in [9.17, 15) is 12.8 Å². The van der Waals surface area contributed by atoms with Crippen LogP contribution in [0.15, 0.2) is 41.3 Å². The van der Waals surface area contributed by atoms with E-state index in [1.165, 1.54) is 18.2 Å². The van der Waals surface area contributed by atoms with E-state index in [2.05, 4.69) is 9.62 Å². The van der Waals surface area contributed by atoms with E-state index in [-0.39, 0.29) is 10.6 Å². The Bertz CT molecular complexity index is 913. The lowest BCUT2D eigenvalue weighted by Crippen LogP contribution is -2.34. The second-order valence-corrected chi connectivity index (χ2v) is 8.35. The molecule has 0 bridgehead atoms. The first-order valence-corrected chi connectivity index (χ1v) is 9.93. The monoisotopic (exact) mass is 378 g/mol. The molecule has 1 aliphatic carbocycles. The molecule has 0 unspecified atom stereocenters. The van der Waals surface area contributed by atoms with Gasteiger partial charge in [0.1, 0.15) is 11.6 Å². The van der Waals surface area contributed by atoms with Gasteiger partial charge in [0.25, 0.3) is 10.0 Å². The van der Waals surface area contributed by atoms with Crippen molar-refractivity contribution in [2.75, 3.05) is 25.9 Å². The highest BCUT2D eigenvalue weighted by Crippen LogP contribution is 2.36. The summed E-state index contributed by atoms with van der Waals surface area (Å²) >= 11 is 0. The highest BCUT2D eigenvalue weighted by Gasteiger charge is 2.29. The van der Waals surface area contributed by atoms with Gasteiger partial charge in [-0.05, 0) is 69.3 Å². The van der Waals surface area contributed by atoms with Gasteiger partial charge >= 0.3 is 0 Å². The summed E-state index contributed by atoms with van der Waals surface area (Å²) in [6.07, 6.45) is 2.25. The van der Waals surface area contributed by atoms with Gasteiger partial charge in [0.15, 0.2) is 0 Å². The van der Waals surface area contributed by atoms with Crippen LogP contribution in [-0.2, 0) is 22.9 Å². The Hall–Kier alpha value is -2.12. The first-order valence-electron chi connectivity index (χ1n) is 8.45. The summed E-state index contributed by atoms with van der Waals surface area (Å²) in [5.74, 6) is 0.215. The van der Waals surface area contributed by atoms with Gasteiger partial charge in [-0.2, -0.15) is 0 Å². The van der Waals surface area contributed by atoms with Crippen molar-refractivity contribution >= 4 is 15.7 Å². The van der Waals surface area contributed by atoms with Crippen LogP contribution in [0.4, 0.5) is 10.1 Å². The lowest BCUT2D eigenvalue weighted by atomic mass is 9.87. The molecule has 0 aromatic heterocycles. The van der Waals surface area contributed by atoms with Gasteiger partial charge < -0.3 is 9.64 Å². The van der Waals surface area contributed by atoms with E-state index in [0.29, 0.717) is 18.2 Å². The number of nitrogens with zero attached hydrogens (tertiary/aromatic N) is 1. The van der Waals surface area contributed by atoms with Gasteiger partial charge in [-0.15, -0.1) is 0 Å². The Kier molecular flexibility index (Phi) is 5.20. The van der Waals surface area contributed by atoms with Crippen LogP contribution < -0.4 is 9.46 Å². The maximum Gasteiger partial charge on any atom is 0.262 e. The molecule has 0 saturated carbocycles. The second kappa shape index (κ2) is 7.25. The van der Waals surface area contributed by atoms with Crippen LogP contribution in [0.2, 0.25) is 0 Å². The summed E-state index contributed by atoms with van der Waals surface area (Å²) in [6, 6.07) is 9.03. The number of fused-ring (bicyclic) bond motifs is 1. The van der Waals surface area contributed by atoms with Crippen molar-refractivity contribution in [3.63, 3.8) is 0 Å². The number of sulfonamides is 1. The first-order chi connectivity index (χ1) is 12.3. The molecular weight excluding hydrogens is 355 g/mol. The van der Waals surface area contributed by atoms with Crippen LogP contribution in [0.3, 0.4) is 0 Å². The van der Waals surface area contributed by atoms with Crippen LogP contribution in [0.1, 0.15) is 17.5 Å². The molecule has 1 N–H and O–H groups in total. The molecule has 0 saturated heterocycles. The number of likely N-dealkylation sites (N-methyl/N-ethyl adjacent to an activating group) is 1. The molecule has 0 spiro atoms. The van der Waals surface area contributed by atoms with Crippen LogP contribution >= 0.6 is 0 Å². The molecule has 0 fully saturated rings. The van der Waals surface area contributed by atoms with Gasteiger partial charge in [-0.3, -0.25) is 4.72 Å². The third-order valence-electron chi connectivity index (χ3n) is 4.83. The van der Waals surface area contributed by atoms with Crippen molar-refractivity contribution in [2.45, 2.75) is 30.2 Å². The fourth-order valence-corrected chi connectivity index (χ4v) is 4.79. The number of ether oxygens (including phenoxy) is 1. The van der Waals surface area contributed by atoms with E-state index in [4.69, 9.17) is 4.74 Å². The van der Waals surface area contributed by atoms with Crippen LogP contribution in [0.25, 0.3) is 0 Å².